The van der Waals surface area contributed by atoms with Gasteiger partial charge in [-0.05, 0) is 38.1 Å². The molecule has 0 spiro atoms. The number of ether oxygens (including phenoxy) is 2. The average molecular weight is 284 g/mol. The van der Waals surface area contributed by atoms with E-state index in [9.17, 15) is 0 Å². The Kier molecular flexibility index (Phi) is 7.98. The molecule has 0 radical (unpaired) electrons. The minimum atomic E-state index is -0.410. The molecule has 6 nitrogen and oxygen atoms in total. The normalized spacial score (nSPS) is 13.8. The predicted molar refractivity (Wildman–Crippen MR) is 78.7 cm³/mol. The van der Waals surface area contributed by atoms with Crippen molar-refractivity contribution in [2.45, 2.75) is 26.3 Å². The molecule has 114 valence electrons. The third kappa shape index (κ3) is 5.75. The Balaban J connectivity index is 2.54. The van der Waals surface area contributed by atoms with Crippen LogP contribution in [-0.4, -0.2) is 49.1 Å². The summed E-state index contributed by atoms with van der Waals surface area (Å²) in [5.41, 5.74) is 1.69. The van der Waals surface area contributed by atoms with Crippen LogP contribution in [0.15, 0.2) is 24.3 Å². The molecule has 0 bridgehead atoms. The summed E-state index contributed by atoms with van der Waals surface area (Å²) >= 11 is 0. The van der Waals surface area contributed by atoms with E-state index in [1.165, 1.54) is 0 Å². The van der Waals surface area contributed by atoms with E-state index >= 15 is 0 Å². The smallest absolute Gasteiger partial charge is 0.151 e. The highest BCUT2D eigenvalue weighted by Gasteiger charge is 2.08. The van der Waals surface area contributed by atoms with Crippen LogP contribution in [0.5, 0.6) is 0 Å². The summed E-state index contributed by atoms with van der Waals surface area (Å²) in [6, 6.07) is 7.46. The molecule has 6 heteroatoms. The standard InChI is InChI=1S/C14H24N2O4/c1-3-19-13(9-17)15-11-5-7-12(8-6-11)16-14(10-18)20-4-2/h5-8,13-18H,3-4,9-10H2,1-2H3. The van der Waals surface area contributed by atoms with Crippen molar-refractivity contribution in [3.05, 3.63) is 24.3 Å². The lowest BCUT2D eigenvalue weighted by Gasteiger charge is -2.19. The van der Waals surface area contributed by atoms with Gasteiger partial charge in [-0.3, -0.25) is 0 Å². The van der Waals surface area contributed by atoms with E-state index in [-0.39, 0.29) is 13.2 Å². The average Bonchev–Trinajstić information content (AvgIpc) is 2.48. The zero-order chi connectivity index (χ0) is 14.8. The monoisotopic (exact) mass is 284 g/mol. The number of aliphatic hydroxyl groups is 2. The zero-order valence-corrected chi connectivity index (χ0v) is 12.0. The van der Waals surface area contributed by atoms with Crippen molar-refractivity contribution in [1.82, 2.24) is 0 Å². The third-order valence-electron chi connectivity index (χ3n) is 2.61. The first-order valence-electron chi connectivity index (χ1n) is 6.81. The van der Waals surface area contributed by atoms with Crippen LogP contribution in [0.3, 0.4) is 0 Å². The summed E-state index contributed by atoms with van der Waals surface area (Å²) in [7, 11) is 0. The van der Waals surface area contributed by atoms with E-state index in [4.69, 9.17) is 19.7 Å². The Morgan fingerprint density at radius 2 is 1.20 bits per heavy atom. The second kappa shape index (κ2) is 9.55. The van der Waals surface area contributed by atoms with E-state index in [2.05, 4.69) is 10.6 Å². The molecule has 20 heavy (non-hydrogen) atoms. The molecule has 0 saturated carbocycles. The van der Waals surface area contributed by atoms with E-state index in [1.807, 2.05) is 38.1 Å². The van der Waals surface area contributed by atoms with Crippen molar-refractivity contribution in [2.75, 3.05) is 37.1 Å². The van der Waals surface area contributed by atoms with Crippen molar-refractivity contribution in [2.24, 2.45) is 0 Å². The van der Waals surface area contributed by atoms with Gasteiger partial charge in [0.2, 0.25) is 0 Å². The van der Waals surface area contributed by atoms with Gasteiger partial charge >= 0.3 is 0 Å². The van der Waals surface area contributed by atoms with E-state index in [0.717, 1.165) is 11.4 Å². The Bertz CT molecular complexity index is 324. The molecule has 0 heterocycles. The second-order valence-electron chi connectivity index (χ2n) is 4.12. The Hall–Kier alpha value is -1.34. The van der Waals surface area contributed by atoms with Crippen molar-refractivity contribution in [3.63, 3.8) is 0 Å². The highest BCUT2D eigenvalue weighted by Crippen LogP contribution is 2.15. The second-order valence-corrected chi connectivity index (χ2v) is 4.12. The molecule has 0 fully saturated rings. The highest BCUT2D eigenvalue weighted by atomic mass is 16.5. The maximum absolute atomic E-state index is 9.14. The van der Waals surface area contributed by atoms with Gasteiger partial charge in [-0.15, -0.1) is 0 Å². The minimum absolute atomic E-state index is 0.0925. The van der Waals surface area contributed by atoms with E-state index < -0.39 is 12.5 Å². The number of anilines is 2. The van der Waals surface area contributed by atoms with Gasteiger partial charge in [-0.1, -0.05) is 0 Å². The number of rotatable bonds is 10. The topological polar surface area (TPSA) is 83.0 Å². The summed E-state index contributed by atoms with van der Waals surface area (Å²) in [6.45, 7) is 4.63. The Morgan fingerprint density at radius 1 is 0.850 bits per heavy atom. The molecule has 2 atom stereocenters. The molecule has 1 rings (SSSR count). The quantitative estimate of drug-likeness (QED) is 0.484. The molecule has 0 aliphatic rings. The molecule has 0 amide bonds. The summed E-state index contributed by atoms with van der Waals surface area (Å²) in [4.78, 5) is 0. The fraction of sp³-hybridized carbons (Fsp3) is 0.571. The number of benzene rings is 1. The molecule has 0 saturated heterocycles. The van der Waals surface area contributed by atoms with Crippen molar-refractivity contribution >= 4 is 11.4 Å². The van der Waals surface area contributed by atoms with E-state index in [0.29, 0.717) is 13.2 Å². The molecular weight excluding hydrogens is 260 g/mol. The van der Waals surface area contributed by atoms with Crippen LogP contribution in [-0.2, 0) is 9.47 Å². The number of hydrogen-bond acceptors (Lipinski definition) is 6. The lowest BCUT2D eigenvalue weighted by Crippen LogP contribution is -2.27. The van der Waals surface area contributed by atoms with Crippen LogP contribution in [0.4, 0.5) is 11.4 Å². The van der Waals surface area contributed by atoms with Crippen molar-refractivity contribution in [1.29, 1.82) is 0 Å². The molecule has 4 N–H and O–H groups in total. The van der Waals surface area contributed by atoms with Gasteiger partial charge in [0.1, 0.15) is 0 Å². The van der Waals surface area contributed by atoms with Gasteiger partial charge in [-0.2, -0.15) is 0 Å². The fourth-order valence-corrected chi connectivity index (χ4v) is 1.72. The third-order valence-corrected chi connectivity index (χ3v) is 2.61. The van der Waals surface area contributed by atoms with Crippen LogP contribution in [0, 0.1) is 0 Å². The number of hydrogen-bond donors (Lipinski definition) is 4. The first-order valence-corrected chi connectivity index (χ1v) is 6.81. The van der Waals surface area contributed by atoms with Crippen molar-refractivity contribution < 1.29 is 19.7 Å². The van der Waals surface area contributed by atoms with Crippen LogP contribution in [0.25, 0.3) is 0 Å². The number of nitrogens with one attached hydrogen (secondary N) is 2. The SMILES string of the molecule is CCOC(CO)Nc1ccc(NC(CO)OCC)cc1. The highest BCUT2D eigenvalue weighted by molar-refractivity contribution is 5.54. The fourth-order valence-electron chi connectivity index (χ4n) is 1.72. The van der Waals surface area contributed by atoms with E-state index in [1.54, 1.807) is 0 Å². The summed E-state index contributed by atoms with van der Waals surface area (Å²) in [5.74, 6) is 0. The zero-order valence-electron chi connectivity index (χ0n) is 12.0. The Labute approximate surface area is 119 Å². The molecule has 0 aliphatic carbocycles. The first-order chi connectivity index (χ1) is 9.73. The van der Waals surface area contributed by atoms with Crippen LogP contribution >= 0.6 is 0 Å². The van der Waals surface area contributed by atoms with Crippen LogP contribution in [0.1, 0.15) is 13.8 Å². The maximum atomic E-state index is 9.14. The van der Waals surface area contributed by atoms with Gasteiger partial charge < -0.3 is 30.3 Å². The molecule has 2 unspecified atom stereocenters. The van der Waals surface area contributed by atoms with Gasteiger partial charge in [-0.25, -0.2) is 0 Å². The van der Waals surface area contributed by atoms with Gasteiger partial charge in [0.25, 0.3) is 0 Å². The number of aliphatic hydroxyl groups excluding tert-OH is 2. The minimum Gasteiger partial charge on any atom is -0.392 e. The van der Waals surface area contributed by atoms with Gasteiger partial charge in [0.15, 0.2) is 12.5 Å². The molecular formula is C14H24N2O4. The molecule has 0 aliphatic heterocycles. The summed E-state index contributed by atoms with van der Waals surface area (Å²) in [5, 5.41) is 24.4. The lowest BCUT2D eigenvalue weighted by molar-refractivity contribution is 0.0382. The lowest BCUT2D eigenvalue weighted by atomic mass is 10.2. The Morgan fingerprint density at radius 3 is 1.45 bits per heavy atom. The first kappa shape index (κ1) is 16.7. The van der Waals surface area contributed by atoms with Crippen LogP contribution in [0.2, 0.25) is 0 Å². The molecule has 1 aromatic rings. The van der Waals surface area contributed by atoms with Gasteiger partial charge in [0.05, 0.1) is 13.2 Å². The van der Waals surface area contributed by atoms with Crippen molar-refractivity contribution in [3.8, 4) is 0 Å². The molecule has 1 aromatic carbocycles. The van der Waals surface area contributed by atoms with Crippen LogP contribution < -0.4 is 10.6 Å². The summed E-state index contributed by atoms with van der Waals surface area (Å²) in [6.07, 6.45) is -0.820. The summed E-state index contributed by atoms with van der Waals surface area (Å²) < 4.78 is 10.6. The van der Waals surface area contributed by atoms with Gasteiger partial charge in [0, 0.05) is 24.6 Å². The largest absolute Gasteiger partial charge is 0.392 e. The maximum Gasteiger partial charge on any atom is 0.151 e. The molecule has 0 aromatic heterocycles. The predicted octanol–water partition coefficient (Wildman–Crippen LogP) is 1.22.